The minimum atomic E-state index is -0.365. The molecule has 1 amide bonds. The van der Waals surface area contributed by atoms with Crippen molar-refractivity contribution in [3.05, 3.63) is 29.1 Å². The summed E-state index contributed by atoms with van der Waals surface area (Å²) in [5.41, 5.74) is 2.40. The molecule has 1 aromatic rings. The van der Waals surface area contributed by atoms with Crippen molar-refractivity contribution in [1.29, 1.82) is 0 Å². The summed E-state index contributed by atoms with van der Waals surface area (Å²) in [5.74, 6) is 0.0492. The quantitative estimate of drug-likeness (QED) is 0.907. The zero-order valence-electron chi connectivity index (χ0n) is 11.9. The van der Waals surface area contributed by atoms with Crippen molar-refractivity contribution in [3.63, 3.8) is 0 Å². The van der Waals surface area contributed by atoms with Crippen LogP contribution < -0.4 is 0 Å². The molecule has 4 nitrogen and oxygen atoms in total. The van der Waals surface area contributed by atoms with Gasteiger partial charge in [-0.15, -0.1) is 0 Å². The Morgan fingerprint density at radius 1 is 1.53 bits per heavy atom. The Bertz CT molecular complexity index is 471. The molecular weight excluding hydrogens is 240 g/mol. The SMILES string of the molecule is Cc1ccc(C(=O)N2CCCC2CC(C)O)c(C)n1. The zero-order valence-corrected chi connectivity index (χ0v) is 11.9. The van der Waals surface area contributed by atoms with Crippen molar-refractivity contribution in [2.75, 3.05) is 6.54 Å². The number of rotatable bonds is 3. The van der Waals surface area contributed by atoms with E-state index >= 15 is 0 Å². The molecule has 2 atom stereocenters. The van der Waals surface area contributed by atoms with Gasteiger partial charge in [0, 0.05) is 18.3 Å². The zero-order chi connectivity index (χ0) is 14.0. The van der Waals surface area contributed by atoms with Crippen LogP contribution in [0.2, 0.25) is 0 Å². The molecule has 1 fully saturated rings. The largest absolute Gasteiger partial charge is 0.393 e. The molecule has 1 aromatic heterocycles. The minimum absolute atomic E-state index is 0.0492. The molecule has 1 aliphatic rings. The summed E-state index contributed by atoms with van der Waals surface area (Å²) in [4.78, 5) is 18.8. The summed E-state index contributed by atoms with van der Waals surface area (Å²) in [6.45, 7) is 6.36. The first-order valence-corrected chi connectivity index (χ1v) is 6.92. The Morgan fingerprint density at radius 2 is 2.26 bits per heavy atom. The van der Waals surface area contributed by atoms with Crippen molar-refractivity contribution in [1.82, 2.24) is 9.88 Å². The number of aliphatic hydroxyl groups excluding tert-OH is 1. The van der Waals surface area contributed by atoms with Crippen LogP contribution in [0.3, 0.4) is 0 Å². The third-order valence-corrected chi connectivity index (χ3v) is 3.71. The number of nitrogens with zero attached hydrogens (tertiary/aromatic N) is 2. The topological polar surface area (TPSA) is 53.4 Å². The summed E-state index contributed by atoms with van der Waals surface area (Å²) in [6, 6.07) is 3.89. The standard InChI is InChI=1S/C15H22N2O2/c1-10-6-7-14(12(3)16-10)15(19)17-8-4-5-13(17)9-11(2)18/h6-7,11,13,18H,4-5,8-9H2,1-3H3. The lowest BCUT2D eigenvalue weighted by atomic mass is 10.1. The minimum Gasteiger partial charge on any atom is -0.393 e. The summed E-state index contributed by atoms with van der Waals surface area (Å²) >= 11 is 0. The summed E-state index contributed by atoms with van der Waals surface area (Å²) in [6.07, 6.45) is 2.29. The van der Waals surface area contributed by atoms with Crippen molar-refractivity contribution in [2.24, 2.45) is 0 Å². The van der Waals surface area contributed by atoms with Gasteiger partial charge < -0.3 is 10.0 Å². The maximum atomic E-state index is 12.6. The highest BCUT2D eigenvalue weighted by Crippen LogP contribution is 2.24. The Labute approximate surface area is 114 Å². The number of aryl methyl sites for hydroxylation is 2. The first-order chi connectivity index (χ1) is 8.99. The first-order valence-electron chi connectivity index (χ1n) is 6.92. The summed E-state index contributed by atoms with van der Waals surface area (Å²) in [5, 5.41) is 9.52. The molecule has 0 saturated carbocycles. The molecule has 2 rings (SSSR count). The highest BCUT2D eigenvalue weighted by atomic mass is 16.3. The molecule has 2 unspecified atom stereocenters. The molecule has 2 heterocycles. The number of aliphatic hydroxyl groups is 1. The van der Waals surface area contributed by atoms with Gasteiger partial charge in [0.05, 0.1) is 17.4 Å². The highest BCUT2D eigenvalue weighted by molar-refractivity contribution is 5.95. The van der Waals surface area contributed by atoms with Gasteiger partial charge in [0.15, 0.2) is 0 Å². The van der Waals surface area contributed by atoms with E-state index in [9.17, 15) is 9.90 Å². The van der Waals surface area contributed by atoms with Crippen LogP contribution in [0.25, 0.3) is 0 Å². The van der Waals surface area contributed by atoms with E-state index in [2.05, 4.69) is 4.98 Å². The van der Waals surface area contributed by atoms with E-state index in [-0.39, 0.29) is 18.1 Å². The second kappa shape index (κ2) is 5.70. The Balaban J connectivity index is 2.18. The smallest absolute Gasteiger partial charge is 0.255 e. The van der Waals surface area contributed by atoms with E-state index in [1.54, 1.807) is 6.92 Å². The molecule has 0 aliphatic carbocycles. The molecule has 1 N–H and O–H groups in total. The van der Waals surface area contributed by atoms with Crippen molar-refractivity contribution in [3.8, 4) is 0 Å². The van der Waals surface area contributed by atoms with E-state index < -0.39 is 0 Å². The molecule has 0 spiro atoms. The van der Waals surface area contributed by atoms with Gasteiger partial charge in [-0.25, -0.2) is 0 Å². The Hall–Kier alpha value is -1.42. The number of hydrogen-bond donors (Lipinski definition) is 1. The van der Waals surface area contributed by atoms with E-state index in [4.69, 9.17) is 0 Å². The fourth-order valence-electron chi connectivity index (χ4n) is 2.81. The number of pyridine rings is 1. The van der Waals surface area contributed by atoms with Crippen molar-refractivity contribution in [2.45, 2.75) is 52.2 Å². The van der Waals surface area contributed by atoms with E-state index in [1.807, 2.05) is 30.9 Å². The third-order valence-electron chi connectivity index (χ3n) is 3.71. The van der Waals surface area contributed by atoms with Gasteiger partial charge in [0.2, 0.25) is 0 Å². The van der Waals surface area contributed by atoms with E-state index in [0.717, 1.165) is 30.8 Å². The Kier molecular flexibility index (Phi) is 4.20. The average molecular weight is 262 g/mol. The number of aromatic nitrogens is 1. The van der Waals surface area contributed by atoms with Crippen molar-refractivity contribution >= 4 is 5.91 Å². The van der Waals surface area contributed by atoms with E-state index in [1.165, 1.54) is 0 Å². The monoisotopic (exact) mass is 262 g/mol. The predicted molar refractivity (Wildman–Crippen MR) is 74.1 cm³/mol. The second-order valence-electron chi connectivity index (χ2n) is 5.46. The maximum Gasteiger partial charge on any atom is 0.255 e. The molecule has 0 aromatic carbocycles. The lowest BCUT2D eigenvalue weighted by Crippen LogP contribution is -2.37. The molecule has 104 valence electrons. The van der Waals surface area contributed by atoms with Crippen molar-refractivity contribution < 1.29 is 9.90 Å². The van der Waals surface area contributed by atoms with Crippen LogP contribution in [0.5, 0.6) is 0 Å². The molecule has 1 aliphatic heterocycles. The normalized spacial score (nSPS) is 20.6. The first kappa shape index (κ1) is 14.0. The van der Waals surface area contributed by atoms with Crippen LogP contribution in [0.4, 0.5) is 0 Å². The van der Waals surface area contributed by atoms with Crippen LogP contribution in [-0.4, -0.2) is 39.6 Å². The van der Waals surface area contributed by atoms with Gasteiger partial charge in [-0.05, 0) is 52.2 Å². The second-order valence-corrected chi connectivity index (χ2v) is 5.46. The fraction of sp³-hybridized carbons (Fsp3) is 0.600. The van der Waals surface area contributed by atoms with Crippen LogP contribution >= 0.6 is 0 Å². The predicted octanol–water partition coefficient (Wildman–Crippen LogP) is 2.07. The molecular formula is C15H22N2O2. The number of amides is 1. The van der Waals surface area contributed by atoms with E-state index in [0.29, 0.717) is 12.0 Å². The molecule has 1 saturated heterocycles. The number of carbonyl (C=O) groups is 1. The van der Waals surface area contributed by atoms with Gasteiger partial charge in [-0.1, -0.05) is 0 Å². The number of likely N-dealkylation sites (tertiary alicyclic amines) is 1. The Morgan fingerprint density at radius 3 is 2.89 bits per heavy atom. The van der Waals surface area contributed by atoms with Gasteiger partial charge in [0.25, 0.3) is 5.91 Å². The van der Waals surface area contributed by atoms with Crippen LogP contribution in [-0.2, 0) is 0 Å². The fourth-order valence-corrected chi connectivity index (χ4v) is 2.81. The van der Waals surface area contributed by atoms with Crippen LogP contribution in [0.15, 0.2) is 12.1 Å². The van der Waals surface area contributed by atoms with Crippen LogP contribution in [0, 0.1) is 13.8 Å². The average Bonchev–Trinajstić information content (AvgIpc) is 2.75. The molecule has 0 bridgehead atoms. The van der Waals surface area contributed by atoms with Crippen LogP contribution in [0.1, 0.15) is 47.9 Å². The molecule has 19 heavy (non-hydrogen) atoms. The lowest BCUT2D eigenvalue weighted by molar-refractivity contribution is 0.0681. The van der Waals surface area contributed by atoms with Gasteiger partial charge >= 0.3 is 0 Å². The molecule has 0 radical (unpaired) electrons. The lowest BCUT2D eigenvalue weighted by Gasteiger charge is -2.26. The summed E-state index contributed by atoms with van der Waals surface area (Å²) < 4.78 is 0. The highest BCUT2D eigenvalue weighted by Gasteiger charge is 2.30. The van der Waals surface area contributed by atoms with Gasteiger partial charge in [-0.2, -0.15) is 0 Å². The van der Waals surface area contributed by atoms with Gasteiger partial charge in [0.1, 0.15) is 0 Å². The molecule has 4 heteroatoms. The van der Waals surface area contributed by atoms with Gasteiger partial charge in [-0.3, -0.25) is 9.78 Å². The summed E-state index contributed by atoms with van der Waals surface area (Å²) in [7, 11) is 0. The number of carbonyl (C=O) groups excluding carboxylic acids is 1. The third kappa shape index (κ3) is 3.13. The number of hydrogen-bond acceptors (Lipinski definition) is 3. The maximum absolute atomic E-state index is 12.6.